The molecule has 100 valence electrons. The third-order valence-electron chi connectivity index (χ3n) is 3.38. The summed E-state index contributed by atoms with van der Waals surface area (Å²) in [5, 5.41) is 0. The molecule has 0 heterocycles. The summed E-state index contributed by atoms with van der Waals surface area (Å²) in [6, 6.07) is 2.45. The normalized spacial score (nSPS) is 23.1. The number of rotatable bonds is 4. The predicted molar refractivity (Wildman–Crippen MR) is 68.0 cm³/mol. The van der Waals surface area contributed by atoms with E-state index >= 15 is 0 Å². The molecule has 1 aliphatic carbocycles. The zero-order valence-corrected chi connectivity index (χ0v) is 11.2. The summed E-state index contributed by atoms with van der Waals surface area (Å²) in [6.45, 7) is 4.01. The Morgan fingerprint density at radius 1 is 1.50 bits per heavy atom. The number of hydrogen-bond donors (Lipinski definition) is 2. The highest BCUT2D eigenvalue weighted by molar-refractivity contribution is 7.89. The minimum atomic E-state index is -3.60. The maximum absolute atomic E-state index is 13.3. The van der Waals surface area contributed by atoms with Gasteiger partial charge in [-0.1, -0.05) is 6.92 Å². The molecular formula is C12H17FN2O2S. The minimum absolute atomic E-state index is 0.0206. The van der Waals surface area contributed by atoms with Crippen molar-refractivity contribution in [3.8, 4) is 0 Å². The predicted octanol–water partition coefficient (Wildman–Crippen LogP) is 1.65. The molecule has 0 saturated heterocycles. The average Bonchev–Trinajstić information content (AvgIpc) is 2.99. The van der Waals surface area contributed by atoms with Gasteiger partial charge in [-0.05, 0) is 42.9 Å². The molecule has 3 N–H and O–H groups in total. The van der Waals surface area contributed by atoms with E-state index in [1.807, 2.05) is 0 Å². The number of halogens is 1. The first-order valence-electron chi connectivity index (χ1n) is 5.86. The summed E-state index contributed by atoms with van der Waals surface area (Å²) in [7, 11) is -3.60. The van der Waals surface area contributed by atoms with E-state index in [0.717, 1.165) is 12.5 Å². The van der Waals surface area contributed by atoms with Crippen LogP contribution in [-0.4, -0.2) is 15.0 Å². The Labute approximate surface area is 106 Å². The number of nitrogens with two attached hydrogens (primary N) is 1. The molecular weight excluding hydrogens is 255 g/mol. The first-order valence-corrected chi connectivity index (χ1v) is 7.35. The van der Waals surface area contributed by atoms with E-state index in [-0.39, 0.29) is 16.1 Å². The number of nitrogens with one attached hydrogen (secondary N) is 1. The molecule has 1 aromatic rings. The van der Waals surface area contributed by atoms with Gasteiger partial charge >= 0.3 is 0 Å². The number of nitrogen functional groups attached to an aromatic ring is 1. The average molecular weight is 272 g/mol. The zero-order valence-electron chi connectivity index (χ0n) is 10.4. The SMILES string of the molecule is Cc1cc(S(=O)(=O)NCC2CC2C)cc(N)c1F. The van der Waals surface area contributed by atoms with E-state index in [0.29, 0.717) is 18.4 Å². The lowest BCUT2D eigenvalue weighted by atomic mass is 10.2. The second kappa shape index (κ2) is 4.51. The summed E-state index contributed by atoms with van der Waals surface area (Å²) in [4.78, 5) is 0.0206. The lowest BCUT2D eigenvalue weighted by molar-refractivity contribution is 0.573. The van der Waals surface area contributed by atoms with E-state index in [2.05, 4.69) is 11.6 Å². The molecule has 0 aromatic heterocycles. The molecule has 0 amide bonds. The van der Waals surface area contributed by atoms with Crippen molar-refractivity contribution in [2.45, 2.75) is 25.2 Å². The van der Waals surface area contributed by atoms with E-state index in [1.165, 1.54) is 13.0 Å². The van der Waals surface area contributed by atoms with Crippen LogP contribution in [0, 0.1) is 24.6 Å². The molecule has 0 aliphatic heterocycles. The number of aryl methyl sites for hydroxylation is 1. The van der Waals surface area contributed by atoms with E-state index < -0.39 is 15.8 Å². The van der Waals surface area contributed by atoms with Gasteiger partial charge in [0, 0.05) is 6.54 Å². The smallest absolute Gasteiger partial charge is 0.240 e. The highest BCUT2D eigenvalue weighted by Crippen LogP contribution is 2.37. The summed E-state index contributed by atoms with van der Waals surface area (Å²) >= 11 is 0. The Balaban J connectivity index is 2.18. The number of anilines is 1. The quantitative estimate of drug-likeness (QED) is 0.819. The van der Waals surface area contributed by atoms with Crippen molar-refractivity contribution < 1.29 is 12.8 Å². The molecule has 2 unspecified atom stereocenters. The molecule has 0 spiro atoms. The van der Waals surface area contributed by atoms with Crippen LogP contribution >= 0.6 is 0 Å². The van der Waals surface area contributed by atoms with Crippen LogP contribution in [0.25, 0.3) is 0 Å². The molecule has 1 saturated carbocycles. The van der Waals surface area contributed by atoms with Crippen LogP contribution in [0.1, 0.15) is 18.9 Å². The Kier molecular flexibility index (Phi) is 3.33. The van der Waals surface area contributed by atoms with Gasteiger partial charge in [-0.15, -0.1) is 0 Å². The van der Waals surface area contributed by atoms with Crippen molar-refractivity contribution in [3.63, 3.8) is 0 Å². The summed E-state index contributed by atoms with van der Waals surface area (Å²) in [6.07, 6.45) is 1.05. The number of hydrogen-bond acceptors (Lipinski definition) is 3. The highest BCUT2D eigenvalue weighted by Gasteiger charge is 2.33. The topological polar surface area (TPSA) is 72.2 Å². The van der Waals surface area contributed by atoms with Crippen molar-refractivity contribution in [1.29, 1.82) is 0 Å². The monoisotopic (exact) mass is 272 g/mol. The molecule has 6 heteroatoms. The van der Waals surface area contributed by atoms with Gasteiger partial charge in [0.1, 0.15) is 5.82 Å². The Morgan fingerprint density at radius 3 is 2.61 bits per heavy atom. The number of sulfonamides is 1. The van der Waals surface area contributed by atoms with Crippen molar-refractivity contribution in [1.82, 2.24) is 4.72 Å². The fourth-order valence-electron chi connectivity index (χ4n) is 1.90. The van der Waals surface area contributed by atoms with Gasteiger partial charge in [0.15, 0.2) is 0 Å². The van der Waals surface area contributed by atoms with Gasteiger partial charge in [0.25, 0.3) is 0 Å². The second-order valence-corrected chi connectivity index (χ2v) is 6.74. The number of benzene rings is 1. The van der Waals surface area contributed by atoms with Crippen LogP contribution in [0.3, 0.4) is 0 Å². The molecule has 18 heavy (non-hydrogen) atoms. The fourth-order valence-corrected chi connectivity index (χ4v) is 3.12. The molecule has 0 radical (unpaired) electrons. The Bertz CT molecular complexity index is 548. The molecule has 1 aliphatic rings. The van der Waals surface area contributed by atoms with Gasteiger partial charge in [-0.3, -0.25) is 0 Å². The van der Waals surface area contributed by atoms with Gasteiger partial charge in [-0.2, -0.15) is 0 Å². The van der Waals surface area contributed by atoms with Crippen molar-refractivity contribution >= 4 is 15.7 Å². The van der Waals surface area contributed by atoms with Crippen LogP contribution in [0.15, 0.2) is 17.0 Å². The molecule has 2 rings (SSSR count). The molecule has 4 nitrogen and oxygen atoms in total. The Hall–Kier alpha value is -1.14. The zero-order chi connectivity index (χ0) is 13.5. The van der Waals surface area contributed by atoms with Crippen LogP contribution < -0.4 is 10.5 Å². The second-order valence-electron chi connectivity index (χ2n) is 4.97. The van der Waals surface area contributed by atoms with Crippen molar-refractivity contribution in [2.24, 2.45) is 11.8 Å². The highest BCUT2D eigenvalue weighted by atomic mass is 32.2. The van der Waals surface area contributed by atoms with E-state index in [4.69, 9.17) is 5.73 Å². The Morgan fingerprint density at radius 2 is 2.11 bits per heavy atom. The molecule has 1 aromatic carbocycles. The van der Waals surface area contributed by atoms with Gasteiger partial charge in [0.2, 0.25) is 10.0 Å². The fraction of sp³-hybridized carbons (Fsp3) is 0.500. The lowest BCUT2D eigenvalue weighted by Gasteiger charge is -2.09. The first-order chi connectivity index (χ1) is 8.31. The van der Waals surface area contributed by atoms with Crippen LogP contribution in [0.5, 0.6) is 0 Å². The van der Waals surface area contributed by atoms with Gasteiger partial charge in [0.05, 0.1) is 10.6 Å². The minimum Gasteiger partial charge on any atom is -0.396 e. The third-order valence-corrected chi connectivity index (χ3v) is 4.78. The maximum atomic E-state index is 13.3. The van der Waals surface area contributed by atoms with Crippen LogP contribution in [0.4, 0.5) is 10.1 Å². The molecule has 2 atom stereocenters. The maximum Gasteiger partial charge on any atom is 0.240 e. The first kappa shape index (κ1) is 13.3. The van der Waals surface area contributed by atoms with Crippen LogP contribution in [-0.2, 0) is 10.0 Å². The van der Waals surface area contributed by atoms with Gasteiger partial charge in [-0.25, -0.2) is 17.5 Å². The van der Waals surface area contributed by atoms with E-state index in [1.54, 1.807) is 0 Å². The lowest BCUT2D eigenvalue weighted by Crippen LogP contribution is -2.26. The van der Waals surface area contributed by atoms with Gasteiger partial charge < -0.3 is 5.73 Å². The van der Waals surface area contributed by atoms with Crippen LogP contribution in [0.2, 0.25) is 0 Å². The molecule has 1 fully saturated rings. The summed E-state index contributed by atoms with van der Waals surface area (Å²) in [5.74, 6) is 0.427. The largest absolute Gasteiger partial charge is 0.396 e. The standard InChI is InChI=1S/C12H17FN2O2S/c1-7-3-9(7)6-15-18(16,17)10-4-8(2)12(13)11(14)5-10/h4-5,7,9,15H,3,6,14H2,1-2H3. The van der Waals surface area contributed by atoms with Crippen molar-refractivity contribution in [2.75, 3.05) is 12.3 Å². The van der Waals surface area contributed by atoms with E-state index in [9.17, 15) is 12.8 Å². The summed E-state index contributed by atoms with van der Waals surface area (Å²) < 4.78 is 39.9. The summed E-state index contributed by atoms with van der Waals surface area (Å²) in [5.41, 5.74) is 5.53. The van der Waals surface area contributed by atoms with Crippen molar-refractivity contribution in [3.05, 3.63) is 23.5 Å². The molecule has 0 bridgehead atoms. The third kappa shape index (κ3) is 2.64.